The Morgan fingerprint density at radius 2 is 2.00 bits per heavy atom. The highest BCUT2D eigenvalue weighted by molar-refractivity contribution is 6.35. The average molecular weight is 422 g/mol. The summed E-state index contributed by atoms with van der Waals surface area (Å²) < 4.78 is 26.6. The van der Waals surface area contributed by atoms with E-state index in [0.717, 1.165) is 30.8 Å². The van der Waals surface area contributed by atoms with Crippen LogP contribution in [-0.2, 0) is 0 Å². The Balaban J connectivity index is 1.50. The fraction of sp³-hybridized carbons (Fsp3) is 0.545. The van der Waals surface area contributed by atoms with Crippen molar-refractivity contribution in [3.8, 4) is 0 Å². The molecular weight excluding hydrogens is 396 g/mol. The lowest BCUT2D eigenvalue weighted by Gasteiger charge is -2.28. The summed E-state index contributed by atoms with van der Waals surface area (Å²) in [6, 6.07) is 7.38. The highest BCUT2D eigenvalue weighted by Crippen LogP contribution is 2.36. The van der Waals surface area contributed by atoms with Crippen molar-refractivity contribution in [2.75, 3.05) is 24.5 Å². The number of rotatable bonds is 4. The maximum atomic E-state index is 13.3. The normalized spacial score (nSPS) is 22.2. The number of nitrogens with one attached hydrogen (secondary N) is 1. The first-order valence-corrected chi connectivity index (χ1v) is 10.7. The summed E-state index contributed by atoms with van der Waals surface area (Å²) in [4.78, 5) is 19.9. The summed E-state index contributed by atoms with van der Waals surface area (Å²) >= 11 is 6.34. The van der Waals surface area contributed by atoms with Gasteiger partial charge in [-0.3, -0.25) is 4.79 Å². The molecule has 0 unspecified atom stereocenters. The molecule has 0 bridgehead atoms. The van der Waals surface area contributed by atoms with Gasteiger partial charge in [0, 0.05) is 37.9 Å². The zero-order valence-electron chi connectivity index (χ0n) is 16.6. The highest BCUT2D eigenvalue weighted by atomic mass is 35.5. The second kappa shape index (κ2) is 8.05. The van der Waals surface area contributed by atoms with E-state index in [2.05, 4.69) is 17.1 Å². The second-order valence-corrected chi connectivity index (χ2v) is 8.91. The van der Waals surface area contributed by atoms with Crippen LogP contribution < -0.4 is 10.2 Å². The van der Waals surface area contributed by atoms with Crippen molar-refractivity contribution >= 4 is 34.2 Å². The molecule has 1 aromatic heterocycles. The maximum absolute atomic E-state index is 13.3. The van der Waals surface area contributed by atoms with Gasteiger partial charge < -0.3 is 10.2 Å². The topological polar surface area (TPSA) is 45.2 Å². The summed E-state index contributed by atoms with van der Waals surface area (Å²) in [5.74, 6) is -1.19. The first-order chi connectivity index (χ1) is 13.8. The van der Waals surface area contributed by atoms with E-state index in [-0.39, 0.29) is 24.7 Å². The molecule has 1 atom stereocenters. The van der Waals surface area contributed by atoms with Gasteiger partial charge in [0.05, 0.1) is 16.1 Å². The van der Waals surface area contributed by atoms with Crippen molar-refractivity contribution in [2.24, 2.45) is 11.8 Å². The summed E-state index contributed by atoms with van der Waals surface area (Å²) in [6.45, 7) is 4.59. The SMILES string of the molecule is C[C@H]1CCN(c2ccc3c(C(=O)NCC4CCC(F)(F)CC4)c(Cl)ccc3n2)C1. The van der Waals surface area contributed by atoms with Crippen LogP contribution in [0.1, 0.15) is 49.4 Å². The Morgan fingerprint density at radius 1 is 1.24 bits per heavy atom. The Labute approximate surface area is 174 Å². The predicted octanol–water partition coefficient (Wildman–Crippen LogP) is 5.29. The molecule has 29 heavy (non-hydrogen) atoms. The van der Waals surface area contributed by atoms with E-state index in [0.29, 0.717) is 41.3 Å². The van der Waals surface area contributed by atoms with Gasteiger partial charge in [-0.2, -0.15) is 0 Å². The lowest BCUT2D eigenvalue weighted by atomic mass is 9.87. The van der Waals surface area contributed by atoms with Gasteiger partial charge in [-0.05, 0) is 55.4 Å². The van der Waals surface area contributed by atoms with E-state index in [9.17, 15) is 13.6 Å². The van der Waals surface area contributed by atoms with Crippen LogP contribution in [0, 0.1) is 11.8 Å². The van der Waals surface area contributed by atoms with Crippen LogP contribution >= 0.6 is 11.6 Å². The van der Waals surface area contributed by atoms with Gasteiger partial charge >= 0.3 is 0 Å². The molecular formula is C22H26ClF2N3O. The molecule has 0 radical (unpaired) electrons. The number of hydrogen-bond acceptors (Lipinski definition) is 3. The zero-order chi connectivity index (χ0) is 20.6. The van der Waals surface area contributed by atoms with Crippen LogP contribution in [0.3, 0.4) is 0 Å². The van der Waals surface area contributed by atoms with Crippen LogP contribution in [0.2, 0.25) is 5.02 Å². The predicted molar refractivity (Wildman–Crippen MR) is 112 cm³/mol. The molecule has 1 aliphatic carbocycles. The first kappa shape index (κ1) is 20.3. The largest absolute Gasteiger partial charge is 0.356 e. The second-order valence-electron chi connectivity index (χ2n) is 8.51. The van der Waals surface area contributed by atoms with Crippen LogP contribution in [0.4, 0.5) is 14.6 Å². The third-order valence-electron chi connectivity index (χ3n) is 6.17. The number of fused-ring (bicyclic) bond motifs is 1. The Kier molecular flexibility index (Phi) is 5.65. The molecule has 2 heterocycles. The van der Waals surface area contributed by atoms with E-state index in [4.69, 9.17) is 16.6 Å². The molecule has 1 amide bonds. The average Bonchev–Trinajstić information content (AvgIpc) is 3.13. The maximum Gasteiger partial charge on any atom is 0.253 e. The van der Waals surface area contributed by atoms with Crippen LogP contribution in [0.5, 0.6) is 0 Å². The molecule has 156 valence electrons. The minimum absolute atomic E-state index is 0.0780. The number of pyridine rings is 1. The van der Waals surface area contributed by atoms with E-state index in [1.165, 1.54) is 0 Å². The van der Waals surface area contributed by atoms with Crippen molar-refractivity contribution in [1.82, 2.24) is 10.3 Å². The molecule has 1 aromatic carbocycles. The summed E-state index contributed by atoms with van der Waals surface area (Å²) in [7, 11) is 0. The number of alkyl halides is 2. The third-order valence-corrected chi connectivity index (χ3v) is 6.48. The zero-order valence-corrected chi connectivity index (χ0v) is 17.3. The smallest absolute Gasteiger partial charge is 0.253 e. The Hall–Kier alpha value is -1.95. The summed E-state index contributed by atoms with van der Waals surface area (Å²) in [6.07, 6.45) is 1.79. The molecule has 2 aromatic rings. The molecule has 0 spiro atoms. The van der Waals surface area contributed by atoms with E-state index in [1.54, 1.807) is 6.07 Å². The number of carbonyl (C=O) groups is 1. The van der Waals surface area contributed by atoms with E-state index < -0.39 is 5.92 Å². The minimum Gasteiger partial charge on any atom is -0.356 e. The summed E-state index contributed by atoms with van der Waals surface area (Å²) in [5, 5.41) is 3.98. The van der Waals surface area contributed by atoms with Crippen molar-refractivity contribution in [2.45, 2.75) is 45.0 Å². The van der Waals surface area contributed by atoms with Crippen molar-refractivity contribution < 1.29 is 13.6 Å². The number of amides is 1. The van der Waals surface area contributed by atoms with Gasteiger partial charge in [0.25, 0.3) is 5.91 Å². The first-order valence-electron chi connectivity index (χ1n) is 10.3. The third kappa shape index (κ3) is 4.47. The molecule has 1 N–H and O–H groups in total. The molecule has 1 saturated carbocycles. The molecule has 4 rings (SSSR count). The molecule has 2 fully saturated rings. The van der Waals surface area contributed by atoms with Crippen LogP contribution in [0.25, 0.3) is 10.9 Å². The molecule has 1 aliphatic heterocycles. The van der Waals surface area contributed by atoms with Crippen molar-refractivity contribution in [3.05, 3.63) is 34.9 Å². The fourth-order valence-corrected chi connectivity index (χ4v) is 4.60. The lowest BCUT2D eigenvalue weighted by Crippen LogP contribution is -2.34. The van der Waals surface area contributed by atoms with E-state index >= 15 is 0 Å². The Bertz CT molecular complexity index is 910. The number of carbonyl (C=O) groups excluding carboxylic acids is 1. The van der Waals surface area contributed by atoms with Crippen LogP contribution in [-0.4, -0.2) is 36.4 Å². The number of nitrogens with zero attached hydrogens (tertiary/aromatic N) is 2. The standard InChI is InChI=1S/C22H26ClF2N3O/c1-14-8-11-28(13-14)19-5-2-16-18(27-19)4-3-17(23)20(16)21(29)26-12-15-6-9-22(24,25)10-7-15/h2-5,14-15H,6-13H2,1H3,(H,26,29)/t14-/m0/s1. The van der Waals surface area contributed by atoms with E-state index in [1.807, 2.05) is 18.2 Å². The lowest BCUT2D eigenvalue weighted by molar-refractivity contribution is -0.0452. The highest BCUT2D eigenvalue weighted by Gasteiger charge is 2.35. The summed E-state index contributed by atoms with van der Waals surface area (Å²) in [5.41, 5.74) is 1.13. The van der Waals surface area contributed by atoms with Crippen LogP contribution in [0.15, 0.2) is 24.3 Å². The van der Waals surface area contributed by atoms with Crippen molar-refractivity contribution in [1.29, 1.82) is 0 Å². The molecule has 7 heteroatoms. The molecule has 2 aliphatic rings. The molecule has 1 saturated heterocycles. The molecule has 4 nitrogen and oxygen atoms in total. The quantitative estimate of drug-likeness (QED) is 0.729. The monoisotopic (exact) mass is 421 g/mol. The number of anilines is 1. The van der Waals surface area contributed by atoms with Crippen molar-refractivity contribution in [3.63, 3.8) is 0 Å². The number of halogens is 3. The minimum atomic E-state index is -2.56. The van der Waals surface area contributed by atoms with Gasteiger partial charge in [0.15, 0.2) is 0 Å². The van der Waals surface area contributed by atoms with Gasteiger partial charge in [-0.15, -0.1) is 0 Å². The van der Waals surface area contributed by atoms with Gasteiger partial charge in [0.1, 0.15) is 5.82 Å². The van der Waals surface area contributed by atoms with Gasteiger partial charge in [-0.25, -0.2) is 13.8 Å². The number of benzene rings is 1. The fourth-order valence-electron chi connectivity index (χ4n) is 4.35. The number of aromatic nitrogens is 1. The van der Waals surface area contributed by atoms with Gasteiger partial charge in [-0.1, -0.05) is 18.5 Å². The number of hydrogen-bond donors (Lipinski definition) is 1. The Morgan fingerprint density at radius 3 is 2.69 bits per heavy atom. The van der Waals surface area contributed by atoms with Gasteiger partial charge in [0.2, 0.25) is 5.92 Å².